The van der Waals surface area contributed by atoms with Gasteiger partial charge in [0.2, 0.25) is 5.96 Å². The number of benzene rings is 1. The second-order valence-corrected chi connectivity index (χ2v) is 3.02. The van der Waals surface area contributed by atoms with Gasteiger partial charge in [0.15, 0.2) is 6.19 Å². The summed E-state index contributed by atoms with van der Waals surface area (Å²) in [5.74, 6) is 0.105. The number of rotatable bonds is 2. The summed E-state index contributed by atoms with van der Waals surface area (Å²) in [5.41, 5.74) is 7.31. The fourth-order valence-corrected chi connectivity index (χ4v) is 1.23. The minimum Gasteiger partial charge on any atom is -0.369 e. The summed E-state index contributed by atoms with van der Waals surface area (Å²) in [6, 6.07) is 7.65. The van der Waals surface area contributed by atoms with Crippen molar-refractivity contribution >= 4 is 20.9 Å². The molecule has 0 bridgehead atoms. The zero-order valence-electron chi connectivity index (χ0n) is 7.57. The zero-order chi connectivity index (χ0) is 10.4. The predicted molar refractivity (Wildman–Crippen MR) is 59.9 cm³/mol. The molecule has 0 heterocycles. The lowest BCUT2D eigenvalue weighted by atomic mass is 10.2. The van der Waals surface area contributed by atoms with Gasteiger partial charge in [-0.05, 0) is 23.9 Å². The van der Waals surface area contributed by atoms with E-state index in [4.69, 9.17) is 11.0 Å². The Morgan fingerprint density at radius 2 is 2.43 bits per heavy atom. The van der Waals surface area contributed by atoms with Crippen molar-refractivity contribution in [3.05, 3.63) is 29.8 Å². The summed E-state index contributed by atoms with van der Waals surface area (Å²) < 4.78 is 0. The van der Waals surface area contributed by atoms with Crippen molar-refractivity contribution in [2.75, 3.05) is 0 Å². The van der Waals surface area contributed by atoms with Gasteiger partial charge < -0.3 is 5.73 Å². The van der Waals surface area contributed by atoms with E-state index in [0.29, 0.717) is 0 Å². The number of nitrogens with two attached hydrogens (primary N) is 1. The zero-order valence-corrected chi connectivity index (χ0v) is 8.72. The van der Waals surface area contributed by atoms with Crippen molar-refractivity contribution in [3.8, 4) is 6.19 Å². The SMILES string of the molecule is N#CNC(N)=Nc1cccc(CP)c1. The van der Waals surface area contributed by atoms with Gasteiger partial charge >= 0.3 is 0 Å². The third-order valence-electron chi connectivity index (χ3n) is 1.58. The van der Waals surface area contributed by atoms with Crippen LogP contribution in [-0.4, -0.2) is 5.96 Å². The van der Waals surface area contributed by atoms with Gasteiger partial charge in [0.25, 0.3) is 0 Å². The third kappa shape index (κ3) is 3.04. The van der Waals surface area contributed by atoms with Gasteiger partial charge in [-0.2, -0.15) is 5.26 Å². The van der Waals surface area contributed by atoms with Crippen LogP contribution >= 0.6 is 9.24 Å². The average molecular weight is 206 g/mol. The standard InChI is InChI=1S/C9H11N4P/c10-6-12-9(11)13-8-3-1-2-7(4-8)5-14/h1-4H,5,14H2,(H3,11,12,13). The Kier molecular flexibility index (Phi) is 3.90. The normalized spacial score (nSPS) is 10.7. The molecule has 0 saturated carbocycles. The van der Waals surface area contributed by atoms with E-state index >= 15 is 0 Å². The number of nitrogens with one attached hydrogen (secondary N) is 1. The maximum absolute atomic E-state index is 8.29. The molecular weight excluding hydrogens is 195 g/mol. The van der Waals surface area contributed by atoms with Gasteiger partial charge in [-0.25, -0.2) is 4.99 Å². The molecule has 1 rings (SSSR count). The minimum atomic E-state index is 0.105. The topological polar surface area (TPSA) is 74.2 Å². The van der Waals surface area contributed by atoms with Gasteiger partial charge in [-0.15, -0.1) is 9.24 Å². The van der Waals surface area contributed by atoms with Gasteiger partial charge in [0.05, 0.1) is 5.69 Å². The van der Waals surface area contributed by atoms with Gasteiger partial charge in [-0.1, -0.05) is 12.1 Å². The lowest BCUT2D eigenvalue weighted by Gasteiger charge is -1.99. The van der Waals surface area contributed by atoms with Crippen LogP contribution in [0.1, 0.15) is 5.56 Å². The number of hydrogen-bond donors (Lipinski definition) is 2. The maximum atomic E-state index is 8.29. The molecule has 0 aromatic heterocycles. The molecule has 0 saturated heterocycles. The molecule has 72 valence electrons. The second kappa shape index (κ2) is 5.21. The van der Waals surface area contributed by atoms with Gasteiger partial charge in [0.1, 0.15) is 0 Å². The van der Waals surface area contributed by atoms with Crippen LogP contribution in [0.5, 0.6) is 0 Å². The highest BCUT2D eigenvalue weighted by atomic mass is 31.0. The summed E-state index contributed by atoms with van der Waals surface area (Å²) in [6.45, 7) is 0. The van der Waals surface area contributed by atoms with Crippen LogP contribution in [0.4, 0.5) is 5.69 Å². The van der Waals surface area contributed by atoms with E-state index in [1.165, 1.54) is 0 Å². The van der Waals surface area contributed by atoms with Crippen molar-refractivity contribution in [1.82, 2.24) is 5.32 Å². The van der Waals surface area contributed by atoms with Crippen molar-refractivity contribution in [2.24, 2.45) is 10.7 Å². The second-order valence-electron chi connectivity index (χ2n) is 2.61. The smallest absolute Gasteiger partial charge is 0.207 e. The van der Waals surface area contributed by atoms with Gasteiger partial charge in [-0.3, -0.25) is 5.32 Å². The fraction of sp³-hybridized carbons (Fsp3) is 0.111. The number of guanidine groups is 1. The first-order valence-corrected chi connectivity index (χ1v) is 4.86. The van der Waals surface area contributed by atoms with Crippen LogP contribution in [0.25, 0.3) is 0 Å². The maximum Gasteiger partial charge on any atom is 0.207 e. The Morgan fingerprint density at radius 1 is 1.64 bits per heavy atom. The van der Waals surface area contributed by atoms with Crippen LogP contribution in [0.2, 0.25) is 0 Å². The molecule has 0 aliphatic carbocycles. The van der Waals surface area contributed by atoms with E-state index < -0.39 is 0 Å². The number of nitrogens with zero attached hydrogens (tertiary/aromatic N) is 2. The Balaban J connectivity index is 2.86. The Labute approximate surface area is 85.0 Å². The van der Waals surface area contributed by atoms with E-state index in [0.717, 1.165) is 17.4 Å². The van der Waals surface area contributed by atoms with E-state index in [1.54, 1.807) is 6.19 Å². The molecule has 4 nitrogen and oxygen atoms in total. The first kappa shape index (κ1) is 10.5. The van der Waals surface area contributed by atoms with E-state index in [-0.39, 0.29) is 5.96 Å². The highest BCUT2D eigenvalue weighted by molar-refractivity contribution is 7.15. The van der Waals surface area contributed by atoms with Crippen molar-refractivity contribution in [1.29, 1.82) is 5.26 Å². The van der Waals surface area contributed by atoms with E-state index in [9.17, 15) is 0 Å². The molecule has 1 atom stereocenters. The summed E-state index contributed by atoms with van der Waals surface area (Å²) in [6.07, 6.45) is 2.58. The molecule has 1 aromatic carbocycles. The van der Waals surface area contributed by atoms with Crippen LogP contribution in [-0.2, 0) is 6.16 Å². The molecular formula is C9H11N4P. The molecule has 0 spiro atoms. The number of hydrogen-bond acceptors (Lipinski definition) is 2. The molecule has 1 aromatic rings. The highest BCUT2D eigenvalue weighted by Crippen LogP contribution is 2.15. The largest absolute Gasteiger partial charge is 0.369 e. The summed E-state index contributed by atoms with van der Waals surface area (Å²) in [4.78, 5) is 4.01. The molecule has 1 unspecified atom stereocenters. The Bertz CT molecular complexity index is 381. The number of aliphatic imine (C=N–C) groups is 1. The highest BCUT2D eigenvalue weighted by Gasteiger charge is 1.93. The van der Waals surface area contributed by atoms with Gasteiger partial charge in [0, 0.05) is 0 Å². The summed E-state index contributed by atoms with van der Waals surface area (Å²) in [7, 11) is 2.63. The Hall–Kier alpha value is -1.59. The molecule has 0 fully saturated rings. The molecule has 0 aliphatic rings. The van der Waals surface area contributed by atoms with Crippen molar-refractivity contribution in [3.63, 3.8) is 0 Å². The van der Waals surface area contributed by atoms with Crippen LogP contribution < -0.4 is 11.1 Å². The monoisotopic (exact) mass is 206 g/mol. The fourth-order valence-electron chi connectivity index (χ4n) is 0.977. The van der Waals surface area contributed by atoms with Crippen LogP contribution in [0.15, 0.2) is 29.3 Å². The first-order valence-electron chi connectivity index (χ1n) is 4.04. The molecule has 0 amide bonds. The average Bonchev–Trinajstić information content (AvgIpc) is 2.18. The lowest BCUT2D eigenvalue weighted by Crippen LogP contribution is -2.26. The third-order valence-corrected chi connectivity index (χ3v) is 2.05. The Morgan fingerprint density at radius 3 is 3.07 bits per heavy atom. The van der Waals surface area contributed by atoms with Crippen molar-refractivity contribution in [2.45, 2.75) is 6.16 Å². The van der Waals surface area contributed by atoms with E-state index in [1.807, 2.05) is 24.3 Å². The van der Waals surface area contributed by atoms with E-state index in [2.05, 4.69) is 19.5 Å². The summed E-state index contributed by atoms with van der Waals surface area (Å²) >= 11 is 0. The molecule has 0 aliphatic heterocycles. The quantitative estimate of drug-likeness (QED) is 0.250. The first-order chi connectivity index (χ1) is 6.76. The number of nitriles is 1. The lowest BCUT2D eigenvalue weighted by molar-refractivity contribution is 1.21. The molecule has 14 heavy (non-hydrogen) atoms. The minimum absolute atomic E-state index is 0.105. The van der Waals surface area contributed by atoms with Crippen LogP contribution in [0, 0.1) is 11.5 Å². The summed E-state index contributed by atoms with van der Waals surface area (Å²) in [5, 5.41) is 10.5. The van der Waals surface area contributed by atoms with Crippen molar-refractivity contribution < 1.29 is 0 Å². The molecule has 3 N–H and O–H groups in total. The molecule has 5 heteroatoms. The molecule has 0 radical (unpaired) electrons. The van der Waals surface area contributed by atoms with Crippen LogP contribution in [0.3, 0.4) is 0 Å². The predicted octanol–water partition coefficient (Wildman–Crippen LogP) is 1.08.